The molecule has 3 aliphatic rings. The fraction of sp³-hybridized carbons (Fsp3) is 0.824. The highest BCUT2D eigenvalue weighted by Crippen LogP contribution is 2.40. The van der Waals surface area contributed by atoms with Crippen LogP contribution in [0.4, 0.5) is 0 Å². The molecule has 71 heavy (non-hydrogen) atoms. The minimum absolute atomic E-state index is 0.00487. The van der Waals surface area contributed by atoms with Crippen molar-refractivity contribution in [2.45, 2.75) is 205 Å². The molecular formula is C51H85N3O17. The Hall–Kier alpha value is -3.41. The number of β-amino-alcohol motifs (C(OH)–C–C–N with tert-alkyl or cyclic N) is 1. The Labute approximate surface area is 420 Å². The molecule has 4 heterocycles. The standard InChI is InChI=1S/C51H85N3O17/c1-14-39(57)67-38-27-41(59)64-31(4)20-24-54(23-16-17-35-18-21-52-22-19-35)29-37(56)30(3)25-36(26-42(61-11)62-12)47(48(38)63-13)70-50-45(60)44(53(9)10)46(32(5)66-50)69-43-28-51(8,71-34(7)55)49(33(6)65-43)68-40(58)15-2/h18-19,21-22,30-33,36-38,42-50,56,60H,14-17,20,23-29H2,1-13H3/t30-,31-,32-,33+,36-,37+,38-,43+,44-,45-,46-,47+,48+,49+,50+,51-/m1/s1. The number of aliphatic hydroxyl groups excluding tert-OH is 2. The van der Waals surface area contributed by atoms with Gasteiger partial charge in [-0.05, 0) is 104 Å². The van der Waals surface area contributed by atoms with Crippen LogP contribution in [0.15, 0.2) is 24.5 Å². The van der Waals surface area contributed by atoms with Gasteiger partial charge in [0.25, 0.3) is 0 Å². The summed E-state index contributed by atoms with van der Waals surface area (Å²) in [5.74, 6) is -3.22. The highest BCUT2D eigenvalue weighted by molar-refractivity contribution is 5.73. The molecule has 16 atom stereocenters. The Morgan fingerprint density at radius 1 is 0.930 bits per heavy atom. The number of ether oxygens (including phenoxy) is 11. The number of hydrogen-bond donors (Lipinski definition) is 2. The van der Waals surface area contributed by atoms with Gasteiger partial charge in [-0.15, -0.1) is 0 Å². The van der Waals surface area contributed by atoms with Crippen LogP contribution >= 0.6 is 0 Å². The van der Waals surface area contributed by atoms with Gasteiger partial charge in [0.2, 0.25) is 0 Å². The fourth-order valence-electron chi connectivity index (χ4n) is 10.1. The summed E-state index contributed by atoms with van der Waals surface area (Å²) in [6.45, 7) is 15.0. The SMILES string of the molecule is CCC(=O)O[C@@H]1CC(=O)O[C@H](C)CCN(CCCc2ccncc2)C[C@H](O)[C@H](C)C[C@H](CC(OC)OC)[C@H](O[C@@H]2O[C@H](C)[C@@H](O[C@H]3C[C@@](C)(OC(C)=O)[C@@H](OC(=O)CC)[C@H](C)O3)[C@H](N(C)C)[C@H]2O)[C@H]1OC. The summed E-state index contributed by atoms with van der Waals surface area (Å²) in [6, 6.07) is 3.17. The zero-order valence-corrected chi connectivity index (χ0v) is 44.4. The highest BCUT2D eigenvalue weighted by atomic mass is 16.7. The van der Waals surface area contributed by atoms with Gasteiger partial charge in [-0.25, -0.2) is 0 Å². The lowest BCUT2D eigenvalue weighted by Crippen LogP contribution is -2.66. The van der Waals surface area contributed by atoms with Crippen molar-refractivity contribution < 1.29 is 81.5 Å². The normalized spacial score (nSPS) is 35.0. The Morgan fingerprint density at radius 2 is 1.59 bits per heavy atom. The summed E-state index contributed by atoms with van der Waals surface area (Å²) in [5, 5.41) is 24.5. The van der Waals surface area contributed by atoms with Crippen LogP contribution < -0.4 is 0 Å². The predicted molar refractivity (Wildman–Crippen MR) is 257 cm³/mol. The number of methoxy groups -OCH3 is 3. The molecule has 0 radical (unpaired) electrons. The number of rotatable bonds is 19. The minimum atomic E-state index is -1.41. The summed E-state index contributed by atoms with van der Waals surface area (Å²) in [6.07, 6.45) is -6.81. The van der Waals surface area contributed by atoms with E-state index in [-0.39, 0.29) is 38.0 Å². The predicted octanol–water partition coefficient (Wildman–Crippen LogP) is 3.98. The Bertz CT molecular complexity index is 1780. The Balaban J connectivity index is 1.73. The highest BCUT2D eigenvalue weighted by Gasteiger charge is 2.54. The topological polar surface area (TPSA) is 230 Å². The molecule has 0 aliphatic carbocycles. The third-order valence-electron chi connectivity index (χ3n) is 13.9. The van der Waals surface area contributed by atoms with Crippen LogP contribution in [0.3, 0.4) is 0 Å². The summed E-state index contributed by atoms with van der Waals surface area (Å²) in [7, 11) is 8.00. The minimum Gasteiger partial charge on any atom is -0.463 e. The first-order chi connectivity index (χ1) is 33.7. The monoisotopic (exact) mass is 1010 g/mol. The van der Waals surface area contributed by atoms with Crippen LogP contribution in [-0.2, 0) is 77.7 Å². The average Bonchev–Trinajstić information content (AvgIpc) is 3.31. The molecule has 0 amide bonds. The molecule has 1 aromatic heterocycles. The molecule has 3 fully saturated rings. The van der Waals surface area contributed by atoms with E-state index in [1.165, 1.54) is 28.3 Å². The first-order valence-electron chi connectivity index (χ1n) is 25.3. The molecule has 2 N–H and O–H groups in total. The van der Waals surface area contributed by atoms with E-state index in [9.17, 15) is 29.4 Å². The van der Waals surface area contributed by atoms with Gasteiger partial charge in [0.05, 0.1) is 36.9 Å². The molecule has 20 heteroatoms. The first kappa shape index (κ1) is 60.1. The molecule has 3 saturated heterocycles. The molecule has 0 unspecified atom stereocenters. The summed E-state index contributed by atoms with van der Waals surface area (Å²) < 4.78 is 67.8. The lowest BCUT2D eigenvalue weighted by molar-refractivity contribution is -0.345. The van der Waals surface area contributed by atoms with E-state index in [0.717, 1.165) is 18.4 Å². The number of carbonyl (C=O) groups excluding carboxylic acids is 4. The molecule has 0 spiro atoms. The van der Waals surface area contributed by atoms with Crippen molar-refractivity contribution in [3.8, 4) is 0 Å². The number of aryl methyl sites for hydroxylation is 1. The number of aromatic nitrogens is 1. The first-order valence-corrected chi connectivity index (χ1v) is 25.3. The second kappa shape index (κ2) is 28.9. The zero-order chi connectivity index (χ0) is 52.6. The van der Waals surface area contributed by atoms with Gasteiger partial charge in [0, 0.05) is 79.4 Å². The van der Waals surface area contributed by atoms with Crippen molar-refractivity contribution in [1.29, 1.82) is 0 Å². The molecule has 4 rings (SSSR count). The second-order valence-corrected chi connectivity index (χ2v) is 19.8. The molecule has 0 bridgehead atoms. The van der Waals surface area contributed by atoms with Gasteiger partial charge in [-0.3, -0.25) is 24.2 Å². The third-order valence-corrected chi connectivity index (χ3v) is 13.9. The van der Waals surface area contributed by atoms with Gasteiger partial charge in [-0.2, -0.15) is 0 Å². The number of pyridine rings is 1. The number of carbonyl (C=O) groups is 4. The largest absolute Gasteiger partial charge is 0.463 e. The van der Waals surface area contributed by atoms with Crippen LogP contribution in [0.25, 0.3) is 0 Å². The molecular weight excluding hydrogens is 927 g/mol. The van der Waals surface area contributed by atoms with Crippen molar-refractivity contribution in [1.82, 2.24) is 14.8 Å². The van der Waals surface area contributed by atoms with Crippen LogP contribution in [0.2, 0.25) is 0 Å². The molecule has 0 aromatic carbocycles. The summed E-state index contributed by atoms with van der Waals surface area (Å²) in [4.78, 5) is 60.1. The van der Waals surface area contributed by atoms with Gasteiger partial charge >= 0.3 is 23.9 Å². The smallest absolute Gasteiger partial charge is 0.309 e. The van der Waals surface area contributed by atoms with Crippen LogP contribution in [0, 0.1) is 11.8 Å². The number of hydrogen-bond acceptors (Lipinski definition) is 20. The van der Waals surface area contributed by atoms with E-state index in [1.54, 1.807) is 66.0 Å². The molecule has 0 saturated carbocycles. The van der Waals surface area contributed by atoms with E-state index in [2.05, 4.69) is 9.88 Å². The lowest BCUT2D eigenvalue weighted by Gasteiger charge is -2.51. The summed E-state index contributed by atoms with van der Waals surface area (Å²) >= 11 is 0. The van der Waals surface area contributed by atoms with Crippen molar-refractivity contribution in [3.63, 3.8) is 0 Å². The maximum absolute atomic E-state index is 13.9. The van der Waals surface area contributed by atoms with Gasteiger partial charge < -0.3 is 72.1 Å². The number of aliphatic hydroxyl groups is 2. The number of nitrogens with zero attached hydrogens (tertiary/aromatic N) is 3. The number of cyclic esters (lactones) is 1. The lowest BCUT2D eigenvalue weighted by atomic mass is 9.82. The third kappa shape index (κ3) is 17.6. The molecule has 3 aliphatic heterocycles. The zero-order valence-electron chi connectivity index (χ0n) is 44.4. The van der Waals surface area contributed by atoms with Crippen LogP contribution in [-0.4, -0.2) is 195 Å². The summed E-state index contributed by atoms with van der Waals surface area (Å²) in [5.41, 5.74) is -0.164. The van der Waals surface area contributed by atoms with Crippen LogP contribution in [0.5, 0.6) is 0 Å². The van der Waals surface area contributed by atoms with E-state index >= 15 is 0 Å². The van der Waals surface area contributed by atoms with Crippen molar-refractivity contribution in [2.24, 2.45) is 11.8 Å². The Kier molecular flexibility index (Phi) is 24.5. The quantitative estimate of drug-likeness (QED) is 0.113. The van der Waals surface area contributed by atoms with Crippen molar-refractivity contribution >= 4 is 23.9 Å². The number of likely N-dealkylation sites (N-methyl/N-ethyl adjacent to an activating group) is 1. The average molecular weight is 1010 g/mol. The maximum Gasteiger partial charge on any atom is 0.309 e. The fourth-order valence-corrected chi connectivity index (χ4v) is 10.1. The van der Waals surface area contributed by atoms with Gasteiger partial charge in [0.1, 0.15) is 30.5 Å². The maximum atomic E-state index is 13.9. The van der Waals surface area contributed by atoms with E-state index in [1.807, 2.05) is 26.0 Å². The van der Waals surface area contributed by atoms with E-state index < -0.39 is 121 Å². The van der Waals surface area contributed by atoms with E-state index in [4.69, 9.17) is 52.1 Å². The van der Waals surface area contributed by atoms with Gasteiger partial charge in [-0.1, -0.05) is 20.8 Å². The number of esters is 4. The molecule has 20 nitrogen and oxygen atoms in total. The van der Waals surface area contributed by atoms with Crippen molar-refractivity contribution in [3.05, 3.63) is 30.1 Å². The molecule has 406 valence electrons. The molecule has 1 aromatic rings. The Morgan fingerprint density at radius 3 is 2.20 bits per heavy atom. The van der Waals surface area contributed by atoms with Crippen molar-refractivity contribution in [2.75, 3.05) is 55.1 Å². The van der Waals surface area contributed by atoms with Gasteiger partial charge in [0.15, 0.2) is 30.6 Å². The van der Waals surface area contributed by atoms with Crippen LogP contribution in [0.1, 0.15) is 112 Å². The second-order valence-electron chi connectivity index (χ2n) is 19.8. The van der Waals surface area contributed by atoms with E-state index in [0.29, 0.717) is 32.5 Å².